The normalized spacial score (nSPS) is 16.6. The van der Waals surface area contributed by atoms with E-state index in [2.05, 4.69) is 25.5 Å². The van der Waals surface area contributed by atoms with Crippen molar-refractivity contribution in [1.82, 2.24) is 25.5 Å². The van der Waals surface area contributed by atoms with Gasteiger partial charge in [0.25, 0.3) is 11.8 Å². The van der Waals surface area contributed by atoms with Crippen LogP contribution in [0.1, 0.15) is 38.3 Å². The third-order valence-electron chi connectivity index (χ3n) is 4.64. The highest BCUT2D eigenvalue weighted by Crippen LogP contribution is 2.30. The summed E-state index contributed by atoms with van der Waals surface area (Å²) in [5, 5.41) is 10.5. The molecule has 0 radical (unpaired) electrons. The largest absolute Gasteiger partial charge is 0.337 e. The average Bonchev–Trinajstić information content (AvgIpc) is 3.28. The molecule has 2 amide bonds. The zero-order chi connectivity index (χ0) is 19.7. The number of nitrogens with one attached hydrogen (secondary N) is 2. The summed E-state index contributed by atoms with van der Waals surface area (Å²) in [5.74, 6) is 0.679. The van der Waals surface area contributed by atoms with Gasteiger partial charge in [-0.2, -0.15) is 0 Å². The number of aromatic nitrogens is 4. The van der Waals surface area contributed by atoms with E-state index in [1.165, 1.54) is 4.90 Å². The highest BCUT2D eigenvalue weighted by Gasteiger charge is 2.32. The number of carbonyl (C=O) groups is 2. The first-order valence-electron chi connectivity index (χ1n) is 9.01. The van der Waals surface area contributed by atoms with Crippen molar-refractivity contribution in [3.8, 4) is 0 Å². The minimum atomic E-state index is -0.629. The van der Waals surface area contributed by atoms with Crippen molar-refractivity contribution < 1.29 is 9.59 Å². The van der Waals surface area contributed by atoms with Gasteiger partial charge in [0.05, 0.1) is 5.01 Å². The molecule has 3 heterocycles. The number of rotatable bonds is 4. The molecule has 0 saturated carbocycles. The minimum Gasteiger partial charge on any atom is -0.337 e. The number of anilines is 1. The van der Waals surface area contributed by atoms with Gasteiger partial charge in [-0.3, -0.25) is 19.6 Å². The predicted octanol–water partition coefficient (Wildman–Crippen LogP) is 1.87. The summed E-state index contributed by atoms with van der Waals surface area (Å²) in [6.45, 7) is 1.92. The second kappa shape index (κ2) is 7.51. The first-order valence-corrected chi connectivity index (χ1v) is 9.83. The van der Waals surface area contributed by atoms with Crippen LogP contribution in [0.4, 0.5) is 5.82 Å². The van der Waals surface area contributed by atoms with Crippen LogP contribution in [0.3, 0.4) is 0 Å². The number of carbonyl (C=O) groups excluding carboxylic acids is 2. The quantitative estimate of drug-likeness (QED) is 0.701. The van der Waals surface area contributed by atoms with Crippen molar-refractivity contribution >= 4 is 29.0 Å². The molecule has 9 heteroatoms. The summed E-state index contributed by atoms with van der Waals surface area (Å²) in [4.78, 5) is 36.6. The monoisotopic (exact) mass is 396 g/mol. The maximum Gasteiger partial charge on any atom is 0.291 e. The van der Waals surface area contributed by atoms with Crippen LogP contribution in [0.15, 0.2) is 30.3 Å². The number of fused-ring (bicyclic) bond motifs is 1. The van der Waals surface area contributed by atoms with Crippen LogP contribution in [-0.2, 0) is 17.6 Å². The number of hydrogen-bond donors (Lipinski definition) is 2. The zero-order valence-electron chi connectivity index (χ0n) is 15.6. The van der Waals surface area contributed by atoms with Crippen LogP contribution in [0.5, 0.6) is 0 Å². The smallest absolute Gasteiger partial charge is 0.291 e. The van der Waals surface area contributed by atoms with E-state index in [-0.39, 0.29) is 11.7 Å². The lowest BCUT2D eigenvalue weighted by Gasteiger charge is -2.20. The lowest BCUT2D eigenvalue weighted by Crippen LogP contribution is -2.47. The van der Waals surface area contributed by atoms with Gasteiger partial charge in [-0.05, 0) is 25.3 Å². The molecule has 3 aromatic rings. The molecule has 8 nitrogen and oxygen atoms in total. The molecule has 1 aliphatic rings. The Kier molecular flexibility index (Phi) is 4.91. The summed E-state index contributed by atoms with van der Waals surface area (Å²) in [6, 6.07) is 9.17. The summed E-state index contributed by atoms with van der Waals surface area (Å²) in [6.07, 6.45) is 1.76. The first-order chi connectivity index (χ1) is 13.5. The molecule has 2 N–H and O–H groups in total. The number of hydrogen-bond acceptors (Lipinski definition) is 6. The van der Waals surface area contributed by atoms with Crippen LogP contribution in [0.2, 0.25) is 0 Å². The lowest BCUT2D eigenvalue weighted by molar-refractivity contribution is -0.120. The van der Waals surface area contributed by atoms with Crippen LogP contribution in [-0.4, -0.2) is 45.1 Å². The van der Waals surface area contributed by atoms with Crippen LogP contribution in [0, 0.1) is 6.92 Å². The zero-order valence-corrected chi connectivity index (χ0v) is 16.4. The van der Waals surface area contributed by atoms with Crippen molar-refractivity contribution in [3.05, 3.63) is 57.4 Å². The lowest BCUT2D eigenvalue weighted by atomic mass is 10.1. The topological polar surface area (TPSA) is 104 Å². The van der Waals surface area contributed by atoms with Gasteiger partial charge in [0.15, 0.2) is 0 Å². The van der Waals surface area contributed by atoms with Crippen LogP contribution in [0.25, 0.3) is 0 Å². The Balaban J connectivity index is 1.44. The fourth-order valence-corrected chi connectivity index (χ4v) is 4.22. The van der Waals surface area contributed by atoms with Crippen LogP contribution >= 0.6 is 11.3 Å². The number of amides is 2. The number of nitrogens with zero attached hydrogens (tertiary/aromatic N) is 4. The van der Waals surface area contributed by atoms with Crippen molar-refractivity contribution in [3.63, 3.8) is 0 Å². The third kappa shape index (κ3) is 3.65. The molecule has 0 unspecified atom stereocenters. The number of benzene rings is 1. The Morgan fingerprint density at radius 2 is 2.11 bits per heavy atom. The Bertz CT molecular complexity index is 1010. The van der Waals surface area contributed by atoms with Gasteiger partial charge in [-0.15, -0.1) is 16.4 Å². The van der Waals surface area contributed by atoms with Crippen molar-refractivity contribution in [1.29, 1.82) is 0 Å². The number of aromatic amines is 1. The van der Waals surface area contributed by atoms with Crippen molar-refractivity contribution in [2.24, 2.45) is 0 Å². The highest BCUT2D eigenvalue weighted by molar-refractivity contribution is 7.12. The standard InChI is InChI=1S/C19H20N6O2S/c1-11-20-17-14(28-11)9-8-13(19(27)25(17)2)21-18(26)16-22-15(23-24-16)10-12-6-4-3-5-7-12/h3-7,13H,8-10H2,1-2H3,(H,21,26)(H,22,23,24)/t13-/m1/s1. The summed E-state index contributed by atoms with van der Waals surface area (Å²) in [7, 11) is 1.69. The molecule has 144 valence electrons. The van der Waals surface area contributed by atoms with E-state index in [1.54, 1.807) is 18.4 Å². The summed E-state index contributed by atoms with van der Waals surface area (Å²) < 4.78 is 0. The number of aryl methyl sites for hydroxylation is 2. The number of H-pyrrole nitrogens is 1. The molecule has 1 atom stereocenters. The molecule has 28 heavy (non-hydrogen) atoms. The van der Waals surface area contributed by atoms with Gasteiger partial charge in [-0.25, -0.2) is 9.97 Å². The molecule has 0 saturated heterocycles. The fraction of sp³-hybridized carbons (Fsp3) is 0.316. The van der Waals surface area contributed by atoms with Gasteiger partial charge < -0.3 is 5.32 Å². The average molecular weight is 396 g/mol. The molecule has 1 aliphatic heterocycles. The molecular weight excluding hydrogens is 376 g/mol. The fourth-order valence-electron chi connectivity index (χ4n) is 3.24. The van der Waals surface area contributed by atoms with E-state index < -0.39 is 11.9 Å². The van der Waals surface area contributed by atoms with Crippen molar-refractivity contribution in [2.75, 3.05) is 11.9 Å². The molecule has 0 fully saturated rings. The van der Waals surface area contributed by atoms with Gasteiger partial charge in [0.2, 0.25) is 5.82 Å². The minimum absolute atomic E-state index is 0.0365. The molecule has 0 aliphatic carbocycles. The molecule has 0 bridgehead atoms. The molecule has 0 spiro atoms. The van der Waals surface area contributed by atoms with Gasteiger partial charge in [-0.1, -0.05) is 30.3 Å². The van der Waals surface area contributed by atoms with E-state index in [0.717, 1.165) is 15.4 Å². The Hall–Kier alpha value is -3.07. The van der Waals surface area contributed by atoms with Gasteiger partial charge in [0, 0.05) is 18.3 Å². The van der Waals surface area contributed by atoms with E-state index in [4.69, 9.17) is 0 Å². The SMILES string of the molecule is Cc1nc2c(s1)CC[C@@H](NC(=O)c1n[nH]c(Cc3ccccc3)n1)C(=O)N2C. The Labute approximate surface area is 166 Å². The third-order valence-corrected chi connectivity index (χ3v) is 5.66. The van der Waals surface area contributed by atoms with E-state index >= 15 is 0 Å². The maximum absolute atomic E-state index is 12.8. The first kappa shape index (κ1) is 18.3. The predicted molar refractivity (Wildman–Crippen MR) is 105 cm³/mol. The molecule has 4 rings (SSSR count). The summed E-state index contributed by atoms with van der Waals surface area (Å²) >= 11 is 1.58. The van der Waals surface area contributed by atoms with E-state index in [1.807, 2.05) is 37.3 Å². The molecular formula is C19H20N6O2S. The van der Waals surface area contributed by atoms with Gasteiger partial charge >= 0.3 is 0 Å². The highest BCUT2D eigenvalue weighted by atomic mass is 32.1. The summed E-state index contributed by atoms with van der Waals surface area (Å²) in [5.41, 5.74) is 1.07. The Morgan fingerprint density at radius 1 is 1.32 bits per heavy atom. The van der Waals surface area contributed by atoms with Gasteiger partial charge in [0.1, 0.15) is 17.7 Å². The maximum atomic E-state index is 12.8. The number of thiazole rings is 1. The van der Waals surface area contributed by atoms with E-state index in [0.29, 0.717) is 30.9 Å². The Morgan fingerprint density at radius 3 is 2.89 bits per heavy atom. The molecule has 2 aromatic heterocycles. The number of likely N-dealkylation sites (N-methyl/N-ethyl adjacent to an activating group) is 1. The van der Waals surface area contributed by atoms with Crippen molar-refractivity contribution in [2.45, 2.75) is 32.2 Å². The van der Waals surface area contributed by atoms with Crippen LogP contribution < -0.4 is 10.2 Å². The second-order valence-electron chi connectivity index (χ2n) is 6.71. The van der Waals surface area contributed by atoms with E-state index in [9.17, 15) is 9.59 Å². The molecule has 1 aromatic carbocycles. The second-order valence-corrected chi connectivity index (χ2v) is 8.00.